The van der Waals surface area contributed by atoms with Gasteiger partial charge >= 0.3 is 0 Å². The summed E-state index contributed by atoms with van der Waals surface area (Å²) < 4.78 is 6.73. The molecule has 2 rings (SSSR count). The van der Waals surface area contributed by atoms with Gasteiger partial charge in [0, 0.05) is 10.5 Å². The Labute approximate surface area is 129 Å². The molecular weight excluding hydrogens is 318 g/mol. The molecule has 0 heterocycles. The number of carbonyl (C=O) groups excluding carboxylic acids is 1. The van der Waals surface area contributed by atoms with Gasteiger partial charge in [-0.25, -0.2) is 0 Å². The fraction of sp³-hybridized carbons (Fsp3) is 0.562. The van der Waals surface area contributed by atoms with Crippen LogP contribution < -0.4 is 10.1 Å². The molecule has 0 saturated heterocycles. The molecule has 0 aliphatic heterocycles. The third-order valence-electron chi connectivity index (χ3n) is 3.74. The van der Waals surface area contributed by atoms with Crippen LogP contribution in [0.15, 0.2) is 16.6 Å². The van der Waals surface area contributed by atoms with Crippen LogP contribution in [0.4, 0.5) is 0 Å². The molecule has 0 radical (unpaired) electrons. The second-order valence-corrected chi connectivity index (χ2v) is 6.48. The van der Waals surface area contributed by atoms with E-state index in [1.54, 1.807) is 0 Å². The van der Waals surface area contributed by atoms with Gasteiger partial charge in [0.15, 0.2) is 6.61 Å². The average Bonchev–Trinajstić information content (AvgIpc) is 2.38. The Morgan fingerprint density at radius 3 is 2.45 bits per heavy atom. The van der Waals surface area contributed by atoms with E-state index in [0.717, 1.165) is 34.2 Å². The second kappa shape index (κ2) is 7.11. The fourth-order valence-electron chi connectivity index (χ4n) is 2.78. The fourth-order valence-corrected chi connectivity index (χ4v) is 3.47. The maximum Gasteiger partial charge on any atom is 0.258 e. The molecule has 0 spiro atoms. The number of aryl methyl sites for hydroxylation is 2. The highest BCUT2D eigenvalue weighted by atomic mass is 79.9. The van der Waals surface area contributed by atoms with Gasteiger partial charge in [-0.2, -0.15) is 0 Å². The lowest BCUT2D eigenvalue weighted by Gasteiger charge is -2.23. The number of carbonyl (C=O) groups is 1. The molecule has 1 fully saturated rings. The number of nitrogens with one attached hydrogen (secondary N) is 1. The smallest absolute Gasteiger partial charge is 0.258 e. The van der Waals surface area contributed by atoms with Gasteiger partial charge < -0.3 is 10.1 Å². The van der Waals surface area contributed by atoms with Gasteiger partial charge in [-0.3, -0.25) is 4.79 Å². The molecule has 1 aromatic carbocycles. The van der Waals surface area contributed by atoms with Crippen LogP contribution in [0.3, 0.4) is 0 Å². The van der Waals surface area contributed by atoms with Gasteiger partial charge in [0.2, 0.25) is 0 Å². The minimum atomic E-state index is -0.0152. The van der Waals surface area contributed by atoms with Crippen LogP contribution in [-0.2, 0) is 4.79 Å². The Bertz CT molecular complexity index is 458. The van der Waals surface area contributed by atoms with Gasteiger partial charge in [0.25, 0.3) is 5.91 Å². The van der Waals surface area contributed by atoms with Crippen LogP contribution in [0.2, 0.25) is 0 Å². The third kappa shape index (κ3) is 4.23. The Morgan fingerprint density at radius 2 is 1.85 bits per heavy atom. The largest absolute Gasteiger partial charge is 0.483 e. The first-order valence-corrected chi connectivity index (χ1v) is 8.04. The lowest BCUT2D eigenvalue weighted by Crippen LogP contribution is -2.39. The molecule has 0 bridgehead atoms. The van der Waals surface area contributed by atoms with Crippen LogP contribution >= 0.6 is 15.9 Å². The third-order valence-corrected chi connectivity index (χ3v) is 4.20. The quantitative estimate of drug-likeness (QED) is 0.903. The van der Waals surface area contributed by atoms with E-state index in [2.05, 4.69) is 21.2 Å². The molecule has 0 aromatic heterocycles. The zero-order chi connectivity index (χ0) is 14.5. The van der Waals surface area contributed by atoms with E-state index >= 15 is 0 Å². The van der Waals surface area contributed by atoms with Crippen LogP contribution in [-0.4, -0.2) is 18.6 Å². The molecule has 110 valence electrons. The summed E-state index contributed by atoms with van der Waals surface area (Å²) in [6.07, 6.45) is 5.93. The maximum atomic E-state index is 11.9. The topological polar surface area (TPSA) is 38.3 Å². The van der Waals surface area contributed by atoms with E-state index in [0.29, 0.717) is 6.04 Å². The first kappa shape index (κ1) is 15.4. The number of ether oxygens (including phenoxy) is 1. The normalized spacial score (nSPS) is 15.9. The van der Waals surface area contributed by atoms with E-state index in [1.807, 2.05) is 26.0 Å². The van der Waals surface area contributed by atoms with Crippen molar-refractivity contribution in [1.29, 1.82) is 0 Å². The summed E-state index contributed by atoms with van der Waals surface area (Å²) in [5.74, 6) is 0.797. The number of amides is 1. The highest BCUT2D eigenvalue weighted by Crippen LogP contribution is 2.27. The second-order valence-electron chi connectivity index (χ2n) is 5.56. The summed E-state index contributed by atoms with van der Waals surface area (Å²) in [6, 6.07) is 4.34. The summed E-state index contributed by atoms with van der Waals surface area (Å²) in [6.45, 7) is 4.08. The summed E-state index contributed by atoms with van der Waals surface area (Å²) >= 11 is 3.46. The Hall–Kier alpha value is -1.03. The van der Waals surface area contributed by atoms with Crippen molar-refractivity contribution in [2.75, 3.05) is 6.61 Å². The molecule has 1 aliphatic rings. The monoisotopic (exact) mass is 339 g/mol. The van der Waals surface area contributed by atoms with Crippen LogP contribution in [0.5, 0.6) is 5.75 Å². The molecule has 0 unspecified atom stereocenters. The van der Waals surface area contributed by atoms with Crippen molar-refractivity contribution in [3.63, 3.8) is 0 Å². The Morgan fingerprint density at radius 1 is 1.25 bits per heavy atom. The van der Waals surface area contributed by atoms with Gasteiger partial charge in [0.1, 0.15) is 5.75 Å². The minimum absolute atomic E-state index is 0.0152. The molecule has 1 N–H and O–H groups in total. The van der Waals surface area contributed by atoms with E-state index in [4.69, 9.17) is 4.74 Å². The van der Waals surface area contributed by atoms with E-state index in [1.165, 1.54) is 19.3 Å². The molecule has 0 atom stereocenters. The standard InChI is InChI=1S/C16H22BrNO2/c1-11-8-13(17)9-12(2)16(11)20-10-15(19)18-14-6-4-3-5-7-14/h8-9,14H,3-7,10H2,1-2H3,(H,18,19). The zero-order valence-electron chi connectivity index (χ0n) is 12.2. The summed E-state index contributed by atoms with van der Waals surface area (Å²) in [5, 5.41) is 3.07. The van der Waals surface area contributed by atoms with Gasteiger partial charge in [-0.15, -0.1) is 0 Å². The van der Waals surface area contributed by atoms with E-state index in [9.17, 15) is 4.79 Å². The minimum Gasteiger partial charge on any atom is -0.483 e. The number of halogens is 1. The molecular formula is C16H22BrNO2. The predicted molar refractivity (Wildman–Crippen MR) is 84.1 cm³/mol. The number of hydrogen-bond acceptors (Lipinski definition) is 2. The summed E-state index contributed by atoms with van der Waals surface area (Å²) in [7, 11) is 0. The van der Waals surface area contributed by atoms with Crippen LogP contribution in [0.25, 0.3) is 0 Å². The number of benzene rings is 1. The number of hydrogen-bond donors (Lipinski definition) is 1. The average molecular weight is 340 g/mol. The van der Waals surface area contributed by atoms with E-state index in [-0.39, 0.29) is 12.5 Å². The SMILES string of the molecule is Cc1cc(Br)cc(C)c1OCC(=O)NC1CCCCC1. The lowest BCUT2D eigenvalue weighted by atomic mass is 9.95. The summed E-state index contributed by atoms with van der Waals surface area (Å²) in [5.41, 5.74) is 2.09. The van der Waals surface area contributed by atoms with Crippen molar-refractivity contribution in [1.82, 2.24) is 5.32 Å². The molecule has 1 aliphatic carbocycles. The van der Waals surface area contributed by atoms with Crippen molar-refractivity contribution in [2.24, 2.45) is 0 Å². The van der Waals surface area contributed by atoms with Crippen molar-refractivity contribution < 1.29 is 9.53 Å². The first-order valence-electron chi connectivity index (χ1n) is 7.25. The van der Waals surface area contributed by atoms with Crippen LogP contribution in [0.1, 0.15) is 43.2 Å². The van der Waals surface area contributed by atoms with Crippen molar-refractivity contribution in [2.45, 2.75) is 52.0 Å². The van der Waals surface area contributed by atoms with Crippen molar-refractivity contribution >= 4 is 21.8 Å². The highest BCUT2D eigenvalue weighted by molar-refractivity contribution is 9.10. The van der Waals surface area contributed by atoms with Crippen molar-refractivity contribution in [3.8, 4) is 5.75 Å². The van der Waals surface area contributed by atoms with Crippen molar-refractivity contribution in [3.05, 3.63) is 27.7 Å². The molecule has 20 heavy (non-hydrogen) atoms. The highest BCUT2D eigenvalue weighted by Gasteiger charge is 2.16. The Balaban J connectivity index is 1.87. The maximum absolute atomic E-state index is 11.9. The van der Waals surface area contributed by atoms with Gasteiger partial charge in [0.05, 0.1) is 0 Å². The van der Waals surface area contributed by atoms with E-state index < -0.39 is 0 Å². The first-order chi connectivity index (χ1) is 9.56. The predicted octanol–water partition coefficient (Wildman–Crippen LogP) is 3.89. The molecule has 4 heteroatoms. The molecule has 1 amide bonds. The molecule has 1 aromatic rings. The van der Waals surface area contributed by atoms with Gasteiger partial charge in [-0.05, 0) is 49.9 Å². The zero-order valence-corrected chi connectivity index (χ0v) is 13.8. The molecule has 3 nitrogen and oxygen atoms in total. The lowest BCUT2D eigenvalue weighted by molar-refractivity contribution is -0.124. The summed E-state index contributed by atoms with van der Waals surface area (Å²) in [4.78, 5) is 11.9. The van der Waals surface area contributed by atoms with Gasteiger partial charge in [-0.1, -0.05) is 35.2 Å². The van der Waals surface area contributed by atoms with Crippen LogP contribution in [0, 0.1) is 13.8 Å². The molecule has 1 saturated carbocycles. The Kier molecular flexibility index (Phi) is 5.46. The number of rotatable bonds is 4.